The second-order valence-electron chi connectivity index (χ2n) is 13.0. The lowest BCUT2D eigenvalue weighted by Gasteiger charge is -2.26. The molecule has 1 saturated heterocycles. The predicted octanol–water partition coefficient (Wildman–Crippen LogP) is -0.912. The number of rotatable bonds is 11. The number of nitrogen functional groups attached to an aromatic ring is 1. The molecule has 5 rings (SSSR count). The van der Waals surface area contributed by atoms with Gasteiger partial charge < -0.3 is 54.1 Å². The zero-order chi connectivity index (χ0) is 39.3. The quantitative estimate of drug-likeness (QED) is 0.0392. The molecule has 1 fully saturated rings. The summed E-state index contributed by atoms with van der Waals surface area (Å²) in [6.07, 6.45) is 2.07. The summed E-state index contributed by atoms with van der Waals surface area (Å²) in [5.74, 6) is -4.42. The Balaban J connectivity index is 1.48. The highest BCUT2D eigenvalue weighted by Gasteiger charge is 2.33. The van der Waals surface area contributed by atoms with Gasteiger partial charge in [0, 0.05) is 48.7 Å². The van der Waals surface area contributed by atoms with Gasteiger partial charge in [-0.25, -0.2) is 0 Å². The number of aromatic nitrogens is 1. The van der Waals surface area contributed by atoms with Crippen LogP contribution < -0.4 is 49.1 Å². The van der Waals surface area contributed by atoms with Gasteiger partial charge in [-0.15, -0.1) is 0 Å². The molecule has 0 unspecified atom stereocenters. The Labute approximate surface area is 316 Å². The number of carbonyl (C=O) groups is 6. The molecule has 1 aromatic heterocycles. The van der Waals surface area contributed by atoms with Gasteiger partial charge >= 0.3 is 0 Å². The predicted molar refractivity (Wildman–Crippen MR) is 206 cm³/mol. The second kappa shape index (κ2) is 18.7. The standard InChI is InChI=1S/C38H45N11O6/c39-26-13-6-4-12-25(26)33(51)44-20-31-37(55)48-29(17-22-9-2-1-3-10-22)34(52)45-21-32(50)46-30(18-23-19-43-27-14-7-5-11-24(23)27)36(54)47-28(35(53)49-31)15-8-16-42-38(40)41/h1-7,9-14,19,28-31,43H,8,15-18,20-21,39H2,(H,44,51)(H,45,52)(H,46,50)(H,47,54)(H,48,55)(H,49,53)(H4,40,41,42)/t28-,29+,30-,31-/m0/s1. The first-order valence-electron chi connectivity index (χ1n) is 17.7. The zero-order valence-corrected chi connectivity index (χ0v) is 30.0. The summed E-state index contributed by atoms with van der Waals surface area (Å²) < 4.78 is 0. The third-order valence-electron chi connectivity index (χ3n) is 8.97. The number of carbonyl (C=O) groups excluding carboxylic acids is 6. The van der Waals surface area contributed by atoms with Gasteiger partial charge in [0.05, 0.1) is 12.1 Å². The molecule has 17 heteroatoms. The van der Waals surface area contributed by atoms with E-state index >= 15 is 0 Å². The molecule has 0 radical (unpaired) electrons. The monoisotopic (exact) mass is 751 g/mol. The number of guanidine groups is 1. The van der Waals surface area contributed by atoms with Gasteiger partial charge in [0.25, 0.3) is 5.91 Å². The second-order valence-corrected chi connectivity index (χ2v) is 13.0. The lowest BCUT2D eigenvalue weighted by molar-refractivity contribution is -0.134. The number of amides is 6. The number of H-pyrrole nitrogens is 1. The number of aromatic amines is 1. The molecule has 4 atom stereocenters. The molecule has 4 aromatic rings. The Kier molecular flexibility index (Phi) is 13.4. The smallest absolute Gasteiger partial charge is 0.253 e. The molecule has 0 spiro atoms. The van der Waals surface area contributed by atoms with Crippen LogP contribution in [0, 0.1) is 0 Å². The van der Waals surface area contributed by atoms with E-state index in [4.69, 9.17) is 17.2 Å². The van der Waals surface area contributed by atoms with Crippen LogP contribution in [0.25, 0.3) is 10.9 Å². The number of nitrogens with two attached hydrogens (primary N) is 3. The highest BCUT2D eigenvalue weighted by Crippen LogP contribution is 2.19. The van der Waals surface area contributed by atoms with E-state index in [0.29, 0.717) is 5.56 Å². The van der Waals surface area contributed by atoms with Crippen molar-refractivity contribution in [2.75, 3.05) is 25.4 Å². The number of hydrogen-bond acceptors (Lipinski definition) is 8. The number of hydrogen-bond donors (Lipinski definition) is 10. The van der Waals surface area contributed by atoms with Crippen molar-refractivity contribution in [1.82, 2.24) is 36.9 Å². The Morgan fingerprint density at radius 3 is 2.13 bits per heavy atom. The van der Waals surface area contributed by atoms with Crippen LogP contribution in [0.2, 0.25) is 0 Å². The Morgan fingerprint density at radius 1 is 0.727 bits per heavy atom. The number of aliphatic imine (C=N–C) groups is 1. The molecule has 17 nitrogen and oxygen atoms in total. The summed E-state index contributed by atoms with van der Waals surface area (Å²) in [5, 5.41) is 16.8. The first-order valence-corrected chi connectivity index (χ1v) is 17.7. The van der Waals surface area contributed by atoms with Gasteiger partial charge in [-0.05, 0) is 42.2 Å². The molecule has 1 aliphatic rings. The number of fused-ring (bicyclic) bond motifs is 1. The van der Waals surface area contributed by atoms with Crippen LogP contribution in [-0.4, -0.2) is 90.2 Å². The first kappa shape index (κ1) is 39.3. The zero-order valence-electron chi connectivity index (χ0n) is 30.0. The average molecular weight is 752 g/mol. The highest BCUT2D eigenvalue weighted by molar-refractivity contribution is 6.00. The van der Waals surface area contributed by atoms with E-state index < -0.39 is 72.7 Å². The van der Waals surface area contributed by atoms with E-state index in [1.165, 1.54) is 6.07 Å². The lowest BCUT2D eigenvalue weighted by atomic mass is 10.0. The van der Waals surface area contributed by atoms with Crippen molar-refractivity contribution >= 4 is 58.0 Å². The van der Waals surface area contributed by atoms with Crippen molar-refractivity contribution in [3.63, 3.8) is 0 Å². The van der Waals surface area contributed by atoms with Crippen LogP contribution in [0.3, 0.4) is 0 Å². The average Bonchev–Trinajstić information content (AvgIpc) is 3.58. The topological polar surface area (TPSA) is 281 Å². The molecule has 13 N–H and O–H groups in total. The molecule has 0 aliphatic carbocycles. The fourth-order valence-corrected chi connectivity index (χ4v) is 6.12. The van der Waals surface area contributed by atoms with Crippen molar-refractivity contribution < 1.29 is 28.8 Å². The molecular formula is C38H45N11O6. The molecular weight excluding hydrogens is 706 g/mol. The highest BCUT2D eigenvalue weighted by atomic mass is 16.2. The molecule has 6 amide bonds. The lowest BCUT2D eigenvalue weighted by Crippen LogP contribution is -2.60. The van der Waals surface area contributed by atoms with E-state index in [9.17, 15) is 28.8 Å². The van der Waals surface area contributed by atoms with E-state index in [2.05, 4.69) is 41.9 Å². The minimum absolute atomic E-state index is 0.0278. The fraction of sp³-hybridized carbons (Fsp3) is 0.289. The van der Waals surface area contributed by atoms with Crippen LogP contribution in [0.5, 0.6) is 0 Å². The number of para-hydroxylation sites is 2. The third-order valence-corrected chi connectivity index (χ3v) is 8.97. The van der Waals surface area contributed by atoms with Crippen molar-refractivity contribution in [2.45, 2.75) is 49.9 Å². The van der Waals surface area contributed by atoms with Crippen molar-refractivity contribution in [2.24, 2.45) is 16.5 Å². The van der Waals surface area contributed by atoms with Crippen LogP contribution in [0.15, 0.2) is 90.1 Å². The number of anilines is 1. The van der Waals surface area contributed by atoms with Crippen LogP contribution in [0.4, 0.5) is 5.69 Å². The van der Waals surface area contributed by atoms with Crippen LogP contribution >= 0.6 is 0 Å². The van der Waals surface area contributed by atoms with E-state index in [0.717, 1.165) is 16.5 Å². The van der Waals surface area contributed by atoms with Gasteiger partial charge in [-0.2, -0.15) is 0 Å². The summed E-state index contributed by atoms with van der Waals surface area (Å²) >= 11 is 0. The van der Waals surface area contributed by atoms with Gasteiger partial charge in [-0.3, -0.25) is 33.8 Å². The Hall–Kier alpha value is -6.91. The van der Waals surface area contributed by atoms with E-state index in [1.54, 1.807) is 54.7 Å². The van der Waals surface area contributed by atoms with Gasteiger partial charge in [-0.1, -0.05) is 60.7 Å². The SMILES string of the molecule is NC(N)=NCCC[C@@H]1NC(=O)[C@H](Cc2c[nH]c3ccccc23)NC(=O)CNC(=O)[C@@H](Cc2ccccc2)NC(=O)[C@H](CNC(=O)c2ccccc2N)NC1=O. The molecule has 0 saturated carbocycles. The number of benzene rings is 3. The van der Waals surface area contributed by atoms with E-state index in [1.807, 2.05) is 24.3 Å². The summed E-state index contributed by atoms with van der Waals surface area (Å²) in [7, 11) is 0. The third kappa shape index (κ3) is 11.0. The molecule has 3 aromatic carbocycles. The number of nitrogens with one attached hydrogen (secondary N) is 7. The van der Waals surface area contributed by atoms with Gasteiger partial charge in [0.1, 0.15) is 24.2 Å². The maximum Gasteiger partial charge on any atom is 0.253 e. The Morgan fingerprint density at radius 2 is 1.36 bits per heavy atom. The molecule has 1 aliphatic heterocycles. The van der Waals surface area contributed by atoms with E-state index in [-0.39, 0.29) is 49.4 Å². The maximum absolute atomic E-state index is 14.1. The first-order chi connectivity index (χ1) is 26.5. The normalized spacial score (nSPS) is 19.7. The summed E-state index contributed by atoms with van der Waals surface area (Å²) in [4.78, 5) is 89.2. The molecule has 55 heavy (non-hydrogen) atoms. The molecule has 0 bridgehead atoms. The summed E-state index contributed by atoms with van der Waals surface area (Å²) in [5.41, 5.74) is 19.6. The Bertz CT molecular complexity index is 2050. The maximum atomic E-state index is 14.1. The summed E-state index contributed by atoms with van der Waals surface area (Å²) in [6, 6.07) is 17.6. The summed E-state index contributed by atoms with van der Waals surface area (Å²) in [6.45, 7) is -0.804. The van der Waals surface area contributed by atoms with Crippen molar-refractivity contribution in [1.29, 1.82) is 0 Å². The van der Waals surface area contributed by atoms with Gasteiger partial charge in [0.15, 0.2) is 5.96 Å². The van der Waals surface area contributed by atoms with Crippen LogP contribution in [0.1, 0.15) is 34.3 Å². The minimum atomic E-state index is -1.43. The molecule has 2 heterocycles. The minimum Gasteiger partial charge on any atom is -0.398 e. The van der Waals surface area contributed by atoms with Crippen molar-refractivity contribution in [3.8, 4) is 0 Å². The van der Waals surface area contributed by atoms with Gasteiger partial charge in [0.2, 0.25) is 29.5 Å². The van der Waals surface area contributed by atoms with Crippen molar-refractivity contribution in [3.05, 3.63) is 102 Å². The fourth-order valence-electron chi connectivity index (χ4n) is 6.12. The largest absolute Gasteiger partial charge is 0.398 e. The number of nitrogens with zero attached hydrogens (tertiary/aromatic N) is 1. The van der Waals surface area contributed by atoms with Crippen LogP contribution in [-0.2, 0) is 36.8 Å². The molecule has 288 valence electrons.